The average molecular weight is 576 g/mol. The first kappa shape index (κ1) is 26.9. The lowest BCUT2D eigenvalue weighted by Crippen LogP contribution is -2.22. The molecule has 0 radical (unpaired) electrons. The summed E-state index contributed by atoms with van der Waals surface area (Å²) >= 11 is 2.77. The van der Waals surface area contributed by atoms with Gasteiger partial charge in [-0.05, 0) is 30.3 Å². The van der Waals surface area contributed by atoms with Gasteiger partial charge in [0.25, 0.3) is 10.0 Å². The molecular weight excluding hydrogens is 565 g/mol. The van der Waals surface area contributed by atoms with Crippen LogP contribution in [0.2, 0.25) is 0 Å². The number of alkyl halides is 9. The van der Waals surface area contributed by atoms with Crippen molar-refractivity contribution in [3.8, 4) is 11.5 Å². The minimum atomic E-state index is -4.96. The van der Waals surface area contributed by atoms with Crippen LogP contribution in [0.15, 0.2) is 45.8 Å². The van der Waals surface area contributed by atoms with Crippen molar-refractivity contribution < 1.29 is 57.4 Å². The van der Waals surface area contributed by atoms with Crippen LogP contribution in [0.25, 0.3) is 0 Å². The standard InChI is InChI=1S/C17H11BrF9NO4S/c18-10-3-9(17(25,26)27)4-11(5-10)28-33(29,30)14-6-12(31-7-15(19,20)21)1-2-13(14)32-8-16(22,23)24/h1-6,28H,7-8H2. The SMILES string of the molecule is O=S(=O)(Nc1cc(Br)cc(C(F)(F)F)c1)c1cc(OCC(F)(F)F)ccc1OCC(F)(F)F. The third-order valence-electron chi connectivity index (χ3n) is 3.48. The van der Waals surface area contributed by atoms with Crippen LogP contribution in [0.3, 0.4) is 0 Å². The number of benzene rings is 2. The molecule has 0 fully saturated rings. The topological polar surface area (TPSA) is 64.6 Å². The third-order valence-corrected chi connectivity index (χ3v) is 5.34. The highest BCUT2D eigenvalue weighted by Gasteiger charge is 2.33. The molecule has 2 rings (SSSR count). The quantitative estimate of drug-likeness (QED) is 0.402. The Morgan fingerprint density at radius 1 is 0.818 bits per heavy atom. The van der Waals surface area contributed by atoms with Gasteiger partial charge in [0.1, 0.15) is 16.4 Å². The first-order valence-electron chi connectivity index (χ1n) is 8.29. The molecule has 2 aromatic rings. The van der Waals surface area contributed by atoms with Crippen LogP contribution in [-0.4, -0.2) is 34.0 Å². The highest BCUT2D eigenvalue weighted by atomic mass is 79.9. The second-order valence-corrected chi connectivity index (χ2v) is 8.81. The molecule has 0 saturated carbocycles. The van der Waals surface area contributed by atoms with E-state index in [-0.39, 0.29) is 4.47 Å². The van der Waals surface area contributed by atoms with E-state index in [0.29, 0.717) is 24.3 Å². The van der Waals surface area contributed by atoms with Crippen LogP contribution in [-0.2, 0) is 16.2 Å². The summed E-state index contributed by atoms with van der Waals surface area (Å²) in [6.07, 6.45) is -14.6. The molecule has 0 aliphatic rings. The summed E-state index contributed by atoms with van der Waals surface area (Å²) < 4.78 is 149. The Kier molecular flexibility index (Phi) is 7.72. The Hall–Kier alpha value is -2.36. The summed E-state index contributed by atoms with van der Waals surface area (Å²) in [6.45, 7) is -3.80. The van der Waals surface area contributed by atoms with Gasteiger partial charge in [-0.3, -0.25) is 4.72 Å². The second-order valence-electron chi connectivity index (χ2n) is 6.25. The fourth-order valence-electron chi connectivity index (χ4n) is 2.25. The minimum absolute atomic E-state index is 0.189. The molecule has 0 unspecified atom stereocenters. The lowest BCUT2D eigenvalue weighted by molar-refractivity contribution is -0.154. The van der Waals surface area contributed by atoms with Gasteiger partial charge in [-0.15, -0.1) is 0 Å². The molecule has 5 nitrogen and oxygen atoms in total. The molecule has 0 atom stereocenters. The maximum absolute atomic E-state index is 13.0. The normalized spacial score (nSPS) is 13.0. The third kappa shape index (κ3) is 8.49. The van der Waals surface area contributed by atoms with Crippen molar-refractivity contribution >= 4 is 31.6 Å². The molecule has 0 aliphatic carbocycles. The number of hydrogen-bond acceptors (Lipinski definition) is 4. The summed E-state index contributed by atoms with van der Waals surface area (Å²) in [7, 11) is -4.96. The fourth-order valence-corrected chi connectivity index (χ4v) is 3.95. The highest BCUT2D eigenvalue weighted by Crippen LogP contribution is 2.36. The molecule has 0 heterocycles. The van der Waals surface area contributed by atoms with Gasteiger partial charge in [-0.1, -0.05) is 15.9 Å². The number of halogens is 10. The van der Waals surface area contributed by atoms with Crippen molar-refractivity contribution in [1.82, 2.24) is 0 Å². The van der Waals surface area contributed by atoms with E-state index in [2.05, 4.69) is 25.4 Å². The fraction of sp³-hybridized carbons (Fsp3) is 0.294. The summed E-state index contributed by atoms with van der Waals surface area (Å²) in [5.41, 5.74) is -1.90. The van der Waals surface area contributed by atoms with Crippen LogP contribution in [0, 0.1) is 0 Å². The molecule has 2 aromatic carbocycles. The zero-order chi connectivity index (χ0) is 25.2. The summed E-state index contributed by atoms with van der Waals surface area (Å²) in [4.78, 5) is -1.10. The van der Waals surface area contributed by atoms with Crippen LogP contribution in [0.1, 0.15) is 5.56 Å². The molecule has 0 bridgehead atoms. The predicted molar refractivity (Wildman–Crippen MR) is 99.5 cm³/mol. The number of anilines is 1. The molecule has 0 spiro atoms. The van der Waals surface area contributed by atoms with E-state index in [1.54, 1.807) is 4.72 Å². The van der Waals surface area contributed by atoms with E-state index >= 15 is 0 Å². The Labute approximate surface area is 188 Å². The first-order chi connectivity index (χ1) is 14.9. The van der Waals surface area contributed by atoms with Crippen LogP contribution in [0.5, 0.6) is 11.5 Å². The number of ether oxygens (including phenoxy) is 2. The Morgan fingerprint density at radius 2 is 1.39 bits per heavy atom. The molecule has 16 heteroatoms. The molecule has 0 aromatic heterocycles. The van der Waals surface area contributed by atoms with Gasteiger partial charge in [-0.2, -0.15) is 39.5 Å². The molecule has 1 N–H and O–H groups in total. The molecule has 184 valence electrons. The Bertz CT molecular complexity index is 1100. The van der Waals surface area contributed by atoms with Gasteiger partial charge in [0, 0.05) is 10.5 Å². The van der Waals surface area contributed by atoms with Gasteiger partial charge in [0.2, 0.25) is 0 Å². The van der Waals surface area contributed by atoms with Gasteiger partial charge in [-0.25, -0.2) is 8.42 Å². The Morgan fingerprint density at radius 3 is 1.94 bits per heavy atom. The lowest BCUT2D eigenvalue weighted by Gasteiger charge is -2.17. The van der Waals surface area contributed by atoms with Crippen molar-refractivity contribution in [2.75, 3.05) is 17.9 Å². The highest BCUT2D eigenvalue weighted by molar-refractivity contribution is 9.10. The maximum Gasteiger partial charge on any atom is 0.422 e. The maximum atomic E-state index is 13.0. The Balaban J connectivity index is 2.47. The largest absolute Gasteiger partial charge is 0.484 e. The van der Waals surface area contributed by atoms with Gasteiger partial charge in [0.05, 0.1) is 11.3 Å². The smallest absolute Gasteiger partial charge is 0.422 e. The van der Waals surface area contributed by atoms with Crippen molar-refractivity contribution in [2.24, 2.45) is 0 Å². The molecular formula is C17H11BrF9NO4S. The van der Waals surface area contributed by atoms with Gasteiger partial charge in [0.15, 0.2) is 13.2 Å². The van der Waals surface area contributed by atoms with Crippen molar-refractivity contribution in [1.29, 1.82) is 0 Å². The average Bonchev–Trinajstić information content (AvgIpc) is 2.62. The van der Waals surface area contributed by atoms with Crippen LogP contribution >= 0.6 is 15.9 Å². The monoisotopic (exact) mass is 575 g/mol. The minimum Gasteiger partial charge on any atom is -0.484 e. The summed E-state index contributed by atoms with van der Waals surface area (Å²) in [5.74, 6) is -1.62. The zero-order valence-corrected chi connectivity index (χ0v) is 18.1. The van der Waals surface area contributed by atoms with Gasteiger partial charge >= 0.3 is 18.5 Å². The predicted octanol–water partition coefficient (Wildman–Crippen LogP) is 6.15. The summed E-state index contributed by atoms with van der Waals surface area (Å²) in [5, 5.41) is 0. The van der Waals surface area contributed by atoms with Crippen LogP contribution in [0.4, 0.5) is 45.2 Å². The number of sulfonamides is 1. The molecule has 33 heavy (non-hydrogen) atoms. The van der Waals surface area contributed by atoms with E-state index in [4.69, 9.17) is 0 Å². The zero-order valence-electron chi connectivity index (χ0n) is 15.7. The van der Waals surface area contributed by atoms with Crippen molar-refractivity contribution in [3.05, 3.63) is 46.4 Å². The van der Waals surface area contributed by atoms with E-state index in [0.717, 1.165) is 12.1 Å². The number of hydrogen-bond donors (Lipinski definition) is 1. The molecule has 0 aliphatic heterocycles. The first-order valence-corrected chi connectivity index (χ1v) is 10.6. The van der Waals surface area contributed by atoms with Crippen molar-refractivity contribution in [2.45, 2.75) is 23.4 Å². The van der Waals surface area contributed by atoms with Crippen LogP contribution < -0.4 is 14.2 Å². The molecule has 0 amide bonds. The van der Waals surface area contributed by atoms with E-state index in [1.165, 1.54) is 0 Å². The van der Waals surface area contributed by atoms with E-state index in [1.807, 2.05) is 0 Å². The second kappa shape index (κ2) is 9.48. The van der Waals surface area contributed by atoms with E-state index < -0.39 is 69.4 Å². The number of rotatable bonds is 7. The lowest BCUT2D eigenvalue weighted by atomic mass is 10.2. The number of nitrogens with one attached hydrogen (secondary N) is 1. The molecule has 0 saturated heterocycles. The summed E-state index contributed by atoms with van der Waals surface area (Å²) in [6, 6.07) is 3.77. The van der Waals surface area contributed by atoms with Gasteiger partial charge < -0.3 is 9.47 Å². The van der Waals surface area contributed by atoms with Crippen molar-refractivity contribution in [3.63, 3.8) is 0 Å². The van der Waals surface area contributed by atoms with E-state index in [9.17, 15) is 47.9 Å².